The summed E-state index contributed by atoms with van der Waals surface area (Å²) >= 11 is 7.44. The Hall–Kier alpha value is -1.72. The molecule has 0 aliphatic heterocycles. The van der Waals surface area contributed by atoms with Gasteiger partial charge in [0.25, 0.3) is 0 Å². The zero-order valence-corrected chi connectivity index (χ0v) is 13.1. The van der Waals surface area contributed by atoms with E-state index < -0.39 is 5.82 Å². The van der Waals surface area contributed by atoms with Gasteiger partial charge in [-0.2, -0.15) is 0 Å². The number of rotatable bonds is 3. The molecule has 3 nitrogen and oxygen atoms in total. The van der Waals surface area contributed by atoms with E-state index in [0.29, 0.717) is 17.2 Å². The molecular weight excluding hydrogens is 309 g/mol. The molecule has 1 aromatic carbocycles. The second kappa shape index (κ2) is 5.58. The van der Waals surface area contributed by atoms with Crippen molar-refractivity contribution in [2.24, 2.45) is 0 Å². The van der Waals surface area contributed by atoms with Crippen molar-refractivity contribution in [3.63, 3.8) is 0 Å². The lowest BCUT2D eigenvalue weighted by Crippen LogP contribution is -1.98. The summed E-state index contributed by atoms with van der Waals surface area (Å²) in [7, 11) is 1.79. The van der Waals surface area contributed by atoms with E-state index in [-0.39, 0.29) is 5.02 Å². The van der Waals surface area contributed by atoms with Crippen molar-refractivity contribution < 1.29 is 4.39 Å². The minimum Gasteiger partial charge on any atom is -0.372 e. The molecule has 21 heavy (non-hydrogen) atoms. The summed E-state index contributed by atoms with van der Waals surface area (Å²) in [6.07, 6.45) is 0.936. The van der Waals surface area contributed by atoms with Crippen molar-refractivity contribution in [1.82, 2.24) is 9.97 Å². The van der Waals surface area contributed by atoms with Gasteiger partial charge in [0.1, 0.15) is 10.6 Å². The van der Waals surface area contributed by atoms with Gasteiger partial charge in [-0.1, -0.05) is 24.6 Å². The molecule has 0 amide bonds. The van der Waals surface area contributed by atoms with Gasteiger partial charge in [-0.05, 0) is 24.6 Å². The highest BCUT2D eigenvalue weighted by atomic mass is 35.5. The first kappa shape index (κ1) is 14.2. The molecule has 0 bridgehead atoms. The smallest absolute Gasteiger partial charge is 0.166 e. The first-order valence-electron chi connectivity index (χ1n) is 6.56. The van der Waals surface area contributed by atoms with Crippen molar-refractivity contribution in [2.75, 3.05) is 12.4 Å². The number of halogens is 2. The van der Waals surface area contributed by atoms with Crippen LogP contribution in [0.25, 0.3) is 21.6 Å². The van der Waals surface area contributed by atoms with E-state index >= 15 is 0 Å². The first-order valence-corrected chi connectivity index (χ1v) is 7.76. The number of nitrogens with one attached hydrogen (secondary N) is 1. The van der Waals surface area contributed by atoms with E-state index in [9.17, 15) is 4.39 Å². The molecule has 1 N–H and O–H groups in total. The highest BCUT2D eigenvalue weighted by Crippen LogP contribution is 2.33. The molecule has 3 aromatic rings. The van der Waals surface area contributed by atoms with Crippen LogP contribution < -0.4 is 5.32 Å². The topological polar surface area (TPSA) is 37.8 Å². The minimum absolute atomic E-state index is 0.0719. The Labute approximate surface area is 130 Å². The molecule has 3 rings (SSSR count). The van der Waals surface area contributed by atoms with Gasteiger partial charge >= 0.3 is 0 Å². The molecule has 0 atom stereocenters. The average molecular weight is 322 g/mol. The first-order chi connectivity index (χ1) is 10.1. The van der Waals surface area contributed by atoms with E-state index in [1.807, 2.05) is 0 Å². The van der Waals surface area contributed by atoms with Gasteiger partial charge < -0.3 is 5.32 Å². The standard InChI is InChI=1S/C15H13ClFN3S/c1-3-8-7-10-13(18-2)19-14(20-15(10)21-8)9-5-4-6-11(16)12(9)17/h4-7H,3H2,1-2H3,(H,18,19,20). The fourth-order valence-electron chi connectivity index (χ4n) is 2.13. The van der Waals surface area contributed by atoms with Crippen molar-refractivity contribution in [1.29, 1.82) is 0 Å². The third-order valence-corrected chi connectivity index (χ3v) is 4.69. The lowest BCUT2D eigenvalue weighted by atomic mass is 10.2. The maximum absolute atomic E-state index is 14.2. The van der Waals surface area contributed by atoms with Gasteiger partial charge in [0.2, 0.25) is 0 Å². The molecule has 6 heteroatoms. The van der Waals surface area contributed by atoms with Crippen LogP contribution in [-0.4, -0.2) is 17.0 Å². The van der Waals surface area contributed by atoms with Gasteiger partial charge in [0.05, 0.1) is 16.0 Å². The van der Waals surface area contributed by atoms with E-state index in [4.69, 9.17) is 11.6 Å². The number of fused-ring (bicyclic) bond motifs is 1. The second-order valence-electron chi connectivity index (χ2n) is 4.53. The zero-order valence-electron chi connectivity index (χ0n) is 11.6. The van der Waals surface area contributed by atoms with Crippen molar-refractivity contribution in [3.05, 3.63) is 40.0 Å². The van der Waals surface area contributed by atoms with Gasteiger partial charge in [-0.15, -0.1) is 11.3 Å². The monoisotopic (exact) mass is 321 g/mol. The lowest BCUT2D eigenvalue weighted by molar-refractivity contribution is 0.630. The van der Waals surface area contributed by atoms with E-state index in [2.05, 4.69) is 28.3 Å². The zero-order chi connectivity index (χ0) is 15.0. The third kappa shape index (κ3) is 2.47. The largest absolute Gasteiger partial charge is 0.372 e. The maximum Gasteiger partial charge on any atom is 0.166 e. The van der Waals surface area contributed by atoms with Crippen LogP contribution in [0.5, 0.6) is 0 Å². The van der Waals surface area contributed by atoms with Crippen molar-refractivity contribution in [3.8, 4) is 11.4 Å². The summed E-state index contributed by atoms with van der Waals surface area (Å²) in [4.78, 5) is 11.0. The summed E-state index contributed by atoms with van der Waals surface area (Å²) in [6, 6.07) is 6.91. The average Bonchev–Trinajstić information content (AvgIpc) is 2.92. The Bertz CT molecular complexity index is 816. The fraction of sp³-hybridized carbons (Fsp3) is 0.200. The normalized spacial score (nSPS) is 11.0. The number of anilines is 1. The number of benzene rings is 1. The molecule has 2 heterocycles. The van der Waals surface area contributed by atoms with Crippen LogP contribution in [0.4, 0.5) is 10.2 Å². The molecule has 0 aliphatic carbocycles. The van der Waals surface area contributed by atoms with Gasteiger partial charge in [0.15, 0.2) is 11.6 Å². The molecular formula is C15H13ClFN3S. The predicted molar refractivity (Wildman–Crippen MR) is 86.7 cm³/mol. The molecule has 0 saturated carbocycles. The summed E-state index contributed by atoms with van der Waals surface area (Å²) in [5, 5.41) is 4.09. The molecule has 108 valence electrons. The van der Waals surface area contributed by atoms with Crippen LogP contribution in [0.2, 0.25) is 5.02 Å². The Balaban J connectivity index is 2.26. The summed E-state index contributed by atoms with van der Waals surface area (Å²) in [5.41, 5.74) is 0.312. The Morgan fingerprint density at radius 2 is 2.14 bits per heavy atom. The maximum atomic E-state index is 14.2. The number of hydrogen-bond acceptors (Lipinski definition) is 4. The number of aromatic nitrogens is 2. The van der Waals surface area contributed by atoms with E-state index in [1.165, 1.54) is 10.9 Å². The molecule has 0 unspecified atom stereocenters. The molecule has 2 aromatic heterocycles. The summed E-state index contributed by atoms with van der Waals surface area (Å²) < 4.78 is 14.2. The number of nitrogens with zero attached hydrogens (tertiary/aromatic N) is 2. The number of aryl methyl sites for hydroxylation is 1. The van der Waals surface area contributed by atoms with Crippen LogP contribution in [-0.2, 0) is 6.42 Å². The molecule has 0 saturated heterocycles. The Kier molecular flexibility index (Phi) is 3.78. The Morgan fingerprint density at radius 3 is 2.86 bits per heavy atom. The van der Waals surface area contributed by atoms with Gasteiger partial charge in [-0.3, -0.25) is 0 Å². The number of hydrogen-bond donors (Lipinski definition) is 1. The third-order valence-electron chi connectivity index (χ3n) is 3.22. The minimum atomic E-state index is -0.493. The van der Waals surface area contributed by atoms with E-state index in [1.54, 1.807) is 30.5 Å². The molecule has 0 spiro atoms. The Morgan fingerprint density at radius 1 is 1.33 bits per heavy atom. The van der Waals surface area contributed by atoms with Crippen LogP contribution in [0, 0.1) is 5.82 Å². The van der Waals surface area contributed by atoms with Gasteiger partial charge in [-0.25, -0.2) is 14.4 Å². The molecule has 0 radical (unpaired) electrons. The van der Waals surface area contributed by atoms with Crippen molar-refractivity contribution >= 4 is 39.0 Å². The summed E-state index contributed by atoms with van der Waals surface area (Å²) in [6.45, 7) is 2.09. The summed E-state index contributed by atoms with van der Waals surface area (Å²) in [5.74, 6) is 0.550. The highest BCUT2D eigenvalue weighted by molar-refractivity contribution is 7.18. The van der Waals surface area contributed by atoms with Crippen LogP contribution in [0.3, 0.4) is 0 Å². The van der Waals surface area contributed by atoms with Crippen LogP contribution in [0.15, 0.2) is 24.3 Å². The predicted octanol–water partition coefficient (Wildman–Crippen LogP) is 4.75. The lowest BCUT2D eigenvalue weighted by Gasteiger charge is -2.07. The van der Waals surface area contributed by atoms with Crippen LogP contribution >= 0.6 is 22.9 Å². The van der Waals surface area contributed by atoms with Crippen LogP contribution in [0.1, 0.15) is 11.8 Å². The quantitative estimate of drug-likeness (QED) is 0.756. The number of thiophene rings is 1. The SMILES string of the molecule is CCc1cc2c(NC)nc(-c3cccc(Cl)c3F)nc2s1. The molecule has 0 fully saturated rings. The second-order valence-corrected chi connectivity index (χ2v) is 6.05. The molecule has 0 aliphatic rings. The van der Waals surface area contributed by atoms with E-state index in [0.717, 1.165) is 16.6 Å². The van der Waals surface area contributed by atoms with Crippen molar-refractivity contribution in [2.45, 2.75) is 13.3 Å². The highest BCUT2D eigenvalue weighted by Gasteiger charge is 2.15. The van der Waals surface area contributed by atoms with Gasteiger partial charge in [0, 0.05) is 11.9 Å². The fourth-order valence-corrected chi connectivity index (χ4v) is 3.27.